The van der Waals surface area contributed by atoms with Gasteiger partial charge in [-0.2, -0.15) is 0 Å². The molecule has 0 spiro atoms. The van der Waals surface area contributed by atoms with E-state index in [9.17, 15) is 27.5 Å². The zero-order valence-corrected chi connectivity index (χ0v) is 15.4. The second-order valence-corrected chi connectivity index (χ2v) is 7.98. The van der Waals surface area contributed by atoms with Crippen LogP contribution in [-0.4, -0.2) is 42.2 Å². The van der Waals surface area contributed by atoms with Gasteiger partial charge < -0.3 is 21.1 Å². The van der Waals surface area contributed by atoms with Gasteiger partial charge in [-0.25, -0.2) is 17.8 Å². The SMILES string of the molecule is CC(CN)c1nc(C(=O)NCc2ccc(F)cc2S(C)(=O)=O)c(O)c(=O)[nH]1. The smallest absolute Gasteiger partial charge is 0.293 e. The molecule has 5 N–H and O–H groups in total. The number of halogens is 1. The van der Waals surface area contributed by atoms with Crippen molar-refractivity contribution in [3.8, 4) is 5.75 Å². The van der Waals surface area contributed by atoms with E-state index in [1.807, 2.05) is 0 Å². The molecule has 0 bridgehead atoms. The van der Waals surface area contributed by atoms with Gasteiger partial charge in [0.15, 0.2) is 15.5 Å². The number of aromatic hydroxyl groups is 1. The summed E-state index contributed by atoms with van der Waals surface area (Å²) in [5.41, 5.74) is 4.24. The Hall–Kier alpha value is -2.79. The number of benzene rings is 1. The monoisotopic (exact) mass is 398 g/mol. The highest BCUT2D eigenvalue weighted by atomic mass is 32.2. The molecule has 11 heteroatoms. The standard InChI is InChI=1S/C16H19FN4O5S/c1-8(6-18)14-20-12(13(22)16(24)21-14)15(23)19-7-9-3-4-10(17)5-11(9)27(2,25)26/h3-5,8,22H,6-7,18H2,1-2H3,(H,19,23)(H,20,21,24). The molecule has 0 aliphatic heterocycles. The fourth-order valence-corrected chi connectivity index (χ4v) is 3.21. The van der Waals surface area contributed by atoms with Crippen LogP contribution in [-0.2, 0) is 16.4 Å². The van der Waals surface area contributed by atoms with Gasteiger partial charge in [0, 0.05) is 25.3 Å². The number of hydrogen-bond donors (Lipinski definition) is 4. The van der Waals surface area contributed by atoms with E-state index in [0.717, 1.165) is 18.4 Å². The maximum atomic E-state index is 13.3. The van der Waals surface area contributed by atoms with Crippen LogP contribution in [0.4, 0.5) is 4.39 Å². The number of amides is 1. The first-order valence-corrected chi connectivity index (χ1v) is 9.73. The summed E-state index contributed by atoms with van der Waals surface area (Å²) in [4.78, 5) is 30.1. The van der Waals surface area contributed by atoms with Gasteiger partial charge in [-0.3, -0.25) is 9.59 Å². The van der Waals surface area contributed by atoms with E-state index in [-0.39, 0.29) is 35.3 Å². The average Bonchev–Trinajstić information content (AvgIpc) is 2.61. The number of nitrogens with two attached hydrogens (primary N) is 1. The van der Waals surface area contributed by atoms with Crippen LogP contribution >= 0.6 is 0 Å². The predicted octanol–water partition coefficient (Wildman–Crippen LogP) is 0.0103. The van der Waals surface area contributed by atoms with Crippen molar-refractivity contribution in [3.05, 3.63) is 51.5 Å². The number of H-pyrrole nitrogens is 1. The van der Waals surface area contributed by atoms with Gasteiger partial charge in [-0.05, 0) is 17.7 Å². The third-order valence-electron chi connectivity index (χ3n) is 3.82. The van der Waals surface area contributed by atoms with Crippen molar-refractivity contribution < 1.29 is 22.7 Å². The van der Waals surface area contributed by atoms with Crippen LogP contribution in [0, 0.1) is 5.82 Å². The number of carbonyl (C=O) groups is 1. The summed E-state index contributed by atoms with van der Waals surface area (Å²) in [5, 5.41) is 12.2. The lowest BCUT2D eigenvalue weighted by Gasteiger charge is -2.12. The van der Waals surface area contributed by atoms with Crippen molar-refractivity contribution >= 4 is 15.7 Å². The Bertz CT molecular complexity index is 1040. The fourth-order valence-electron chi connectivity index (χ4n) is 2.27. The Labute approximate surface area is 154 Å². The molecule has 0 saturated heterocycles. The van der Waals surface area contributed by atoms with Crippen LogP contribution in [0.1, 0.15) is 34.7 Å². The highest BCUT2D eigenvalue weighted by molar-refractivity contribution is 7.90. The number of aromatic amines is 1. The minimum absolute atomic E-state index is 0.129. The Balaban J connectivity index is 2.32. The van der Waals surface area contributed by atoms with Crippen LogP contribution in [0.5, 0.6) is 5.75 Å². The zero-order valence-electron chi connectivity index (χ0n) is 14.6. The molecule has 2 aromatic rings. The summed E-state index contributed by atoms with van der Waals surface area (Å²) in [5.74, 6) is -2.74. The second-order valence-electron chi connectivity index (χ2n) is 5.99. The summed E-state index contributed by atoms with van der Waals surface area (Å²) in [7, 11) is -3.73. The Morgan fingerprint density at radius 3 is 2.70 bits per heavy atom. The van der Waals surface area contributed by atoms with E-state index in [2.05, 4.69) is 15.3 Å². The van der Waals surface area contributed by atoms with Crippen molar-refractivity contribution in [1.29, 1.82) is 0 Å². The Kier molecular flexibility index (Phi) is 5.96. The van der Waals surface area contributed by atoms with Crippen LogP contribution in [0.2, 0.25) is 0 Å². The van der Waals surface area contributed by atoms with Gasteiger partial charge in [0.25, 0.3) is 11.5 Å². The van der Waals surface area contributed by atoms with E-state index < -0.39 is 38.6 Å². The van der Waals surface area contributed by atoms with E-state index in [1.54, 1.807) is 6.92 Å². The lowest BCUT2D eigenvalue weighted by molar-refractivity contribution is 0.0941. The van der Waals surface area contributed by atoms with Crippen molar-refractivity contribution in [2.24, 2.45) is 5.73 Å². The summed E-state index contributed by atoms with van der Waals surface area (Å²) in [6, 6.07) is 3.12. The fraction of sp³-hybridized carbons (Fsp3) is 0.312. The van der Waals surface area contributed by atoms with E-state index >= 15 is 0 Å². The van der Waals surface area contributed by atoms with Crippen molar-refractivity contribution in [2.45, 2.75) is 24.3 Å². The summed E-state index contributed by atoms with van der Waals surface area (Å²) < 4.78 is 36.9. The molecule has 9 nitrogen and oxygen atoms in total. The van der Waals surface area contributed by atoms with Crippen LogP contribution in [0.25, 0.3) is 0 Å². The molecule has 0 radical (unpaired) electrons. The maximum absolute atomic E-state index is 13.3. The number of sulfone groups is 1. The topological polar surface area (TPSA) is 155 Å². The largest absolute Gasteiger partial charge is 0.501 e. The lowest BCUT2D eigenvalue weighted by Crippen LogP contribution is -2.28. The van der Waals surface area contributed by atoms with E-state index in [0.29, 0.717) is 0 Å². The summed E-state index contributed by atoms with van der Waals surface area (Å²) in [6.07, 6.45) is 0.914. The van der Waals surface area contributed by atoms with E-state index in [1.165, 1.54) is 6.07 Å². The minimum Gasteiger partial charge on any atom is -0.501 e. The highest BCUT2D eigenvalue weighted by Crippen LogP contribution is 2.18. The number of nitrogens with zero attached hydrogens (tertiary/aromatic N) is 1. The Morgan fingerprint density at radius 1 is 1.44 bits per heavy atom. The van der Waals surface area contributed by atoms with Crippen molar-refractivity contribution in [1.82, 2.24) is 15.3 Å². The molecule has 1 amide bonds. The lowest BCUT2D eigenvalue weighted by atomic mass is 10.1. The number of nitrogens with one attached hydrogen (secondary N) is 2. The van der Waals surface area contributed by atoms with Gasteiger partial charge in [-0.1, -0.05) is 13.0 Å². The number of rotatable bonds is 6. The normalized spacial score (nSPS) is 12.6. The second kappa shape index (κ2) is 7.84. The number of hydrogen-bond acceptors (Lipinski definition) is 7. The third-order valence-corrected chi connectivity index (χ3v) is 5.00. The predicted molar refractivity (Wildman–Crippen MR) is 94.7 cm³/mol. The molecular weight excluding hydrogens is 379 g/mol. The first kappa shape index (κ1) is 20.5. The summed E-state index contributed by atoms with van der Waals surface area (Å²) >= 11 is 0. The molecule has 146 valence electrons. The molecule has 1 heterocycles. The average molecular weight is 398 g/mol. The molecule has 0 saturated carbocycles. The third kappa shape index (κ3) is 4.68. The molecule has 1 unspecified atom stereocenters. The van der Waals surface area contributed by atoms with Gasteiger partial charge >= 0.3 is 0 Å². The highest BCUT2D eigenvalue weighted by Gasteiger charge is 2.21. The van der Waals surface area contributed by atoms with Crippen LogP contribution < -0.4 is 16.6 Å². The van der Waals surface area contributed by atoms with Crippen LogP contribution in [0.15, 0.2) is 27.9 Å². The van der Waals surface area contributed by atoms with Gasteiger partial charge in [0.2, 0.25) is 5.75 Å². The van der Waals surface area contributed by atoms with Crippen molar-refractivity contribution in [2.75, 3.05) is 12.8 Å². The molecule has 27 heavy (non-hydrogen) atoms. The molecule has 1 aromatic carbocycles. The van der Waals surface area contributed by atoms with Gasteiger partial charge in [-0.15, -0.1) is 0 Å². The van der Waals surface area contributed by atoms with Crippen LogP contribution in [0.3, 0.4) is 0 Å². The number of aromatic nitrogens is 2. The Morgan fingerprint density at radius 2 is 2.11 bits per heavy atom. The minimum atomic E-state index is -3.73. The summed E-state index contributed by atoms with van der Waals surface area (Å²) in [6.45, 7) is 1.55. The molecule has 0 aliphatic carbocycles. The van der Waals surface area contributed by atoms with E-state index in [4.69, 9.17) is 5.73 Å². The molecule has 1 aromatic heterocycles. The zero-order chi connectivity index (χ0) is 20.4. The first-order chi connectivity index (χ1) is 12.5. The first-order valence-electron chi connectivity index (χ1n) is 7.84. The molecule has 0 aliphatic rings. The molecular formula is C16H19FN4O5S. The quantitative estimate of drug-likeness (QED) is 0.534. The van der Waals surface area contributed by atoms with Gasteiger partial charge in [0.05, 0.1) is 4.90 Å². The molecule has 2 rings (SSSR count). The van der Waals surface area contributed by atoms with Crippen molar-refractivity contribution in [3.63, 3.8) is 0 Å². The maximum Gasteiger partial charge on any atom is 0.293 e. The molecule has 0 fully saturated rings. The van der Waals surface area contributed by atoms with Gasteiger partial charge in [0.1, 0.15) is 11.6 Å². The number of carbonyl (C=O) groups excluding carboxylic acids is 1. The molecule has 1 atom stereocenters.